The fraction of sp³-hybridized carbons (Fsp3) is 0.818. The highest BCUT2D eigenvalue weighted by molar-refractivity contribution is 7.99. The quantitative estimate of drug-likeness (QED) is 0.588. The van der Waals surface area contributed by atoms with Crippen molar-refractivity contribution >= 4 is 35.3 Å². The second-order valence-electron chi connectivity index (χ2n) is 3.87. The third-order valence-electron chi connectivity index (χ3n) is 2.18. The molecule has 18 heavy (non-hydrogen) atoms. The first-order valence-corrected chi connectivity index (χ1v) is 8.58. The molecule has 0 aromatic carbocycles. The van der Waals surface area contributed by atoms with E-state index in [2.05, 4.69) is 15.5 Å². The number of thioether (sulfide) groups is 2. The van der Waals surface area contributed by atoms with Gasteiger partial charge < -0.3 is 15.5 Å². The van der Waals surface area contributed by atoms with Gasteiger partial charge in [-0.05, 0) is 19.6 Å². The van der Waals surface area contributed by atoms with Crippen LogP contribution in [0.1, 0.15) is 0 Å². The number of nitrogens with zero attached hydrogens (tertiary/aromatic N) is 1. The first-order valence-electron chi connectivity index (χ1n) is 5.80. The molecular formula is C11H23N3O2S2. The third-order valence-corrected chi connectivity index (χ3v) is 3.28. The van der Waals surface area contributed by atoms with E-state index in [1.807, 2.05) is 19.6 Å². The van der Waals surface area contributed by atoms with E-state index >= 15 is 0 Å². The van der Waals surface area contributed by atoms with Crippen LogP contribution in [-0.2, 0) is 9.59 Å². The summed E-state index contributed by atoms with van der Waals surface area (Å²) >= 11 is 3.03. The first kappa shape index (κ1) is 17.6. The molecule has 0 aromatic rings. The molecule has 0 aliphatic rings. The lowest BCUT2D eigenvalue weighted by Gasteiger charge is -2.17. The molecule has 0 saturated heterocycles. The summed E-state index contributed by atoms with van der Waals surface area (Å²) in [5.74, 6) is 1.16. The van der Waals surface area contributed by atoms with Gasteiger partial charge in [-0.25, -0.2) is 0 Å². The summed E-state index contributed by atoms with van der Waals surface area (Å²) in [6, 6.07) is 0. The summed E-state index contributed by atoms with van der Waals surface area (Å²) in [6.45, 7) is 2.88. The maximum absolute atomic E-state index is 11.2. The molecule has 0 fully saturated rings. The average Bonchev–Trinajstić information content (AvgIpc) is 2.29. The number of hydrogen-bond donors (Lipinski definition) is 2. The van der Waals surface area contributed by atoms with Crippen molar-refractivity contribution < 1.29 is 9.59 Å². The Morgan fingerprint density at radius 2 is 1.33 bits per heavy atom. The zero-order valence-corrected chi connectivity index (χ0v) is 13.0. The van der Waals surface area contributed by atoms with Crippen LogP contribution in [0.15, 0.2) is 0 Å². The molecule has 2 N–H and O–H groups in total. The summed E-state index contributed by atoms with van der Waals surface area (Å²) in [6.07, 6.45) is 3.81. The maximum Gasteiger partial charge on any atom is 0.230 e. The van der Waals surface area contributed by atoms with Crippen molar-refractivity contribution in [2.75, 3.05) is 57.2 Å². The third kappa shape index (κ3) is 10.7. The number of likely N-dealkylation sites (N-methyl/N-ethyl adjacent to an activating group) is 1. The lowest BCUT2D eigenvalue weighted by atomic mass is 10.4. The van der Waals surface area contributed by atoms with Crippen LogP contribution in [0.2, 0.25) is 0 Å². The second kappa shape index (κ2) is 11.7. The van der Waals surface area contributed by atoms with Crippen LogP contribution in [-0.4, -0.2) is 74.0 Å². The zero-order chi connectivity index (χ0) is 13.8. The number of hydrogen-bond acceptors (Lipinski definition) is 5. The van der Waals surface area contributed by atoms with Crippen LogP contribution in [0, 0.1) is 0 Å². The minimum atomic E-state index is 0.0733. The van der Waals surface area contributed by atoms with Crippen molar-refractivity contribution in [2.24, 2.45) is 0 Å². The van der Waals surface area contributed by atoms with E-state index in [1.165, 1.54) is 23.5 Å². The summed E-state index contributed by atoms with van der Waals surface area (Å²) in [4.78, 5) is 24.5. The van der Waals surface area contributed by atoms with Gasteiger partial charge in [0.25, 0.3) is 0 Å². The zero-order valence-electron chi connectivity index (χ0n) is 11.3. The Balaban J connectivity index is 3.45. The lowest BCUT2D eigenvalue weighted by Crippen LogP contribution is -2.38. The van der Waals surface area contributed by atoms with Crippen LogP contribution < -0.4 is 10.6 Å². The van der Waals surface area contributed by atoms with Gasteiger partial charge in [0.05, 0.1) is 11.5 Å². The highest BCUT2D eigenvalue weighted by Gasteiger charge is 2.02. The van der Waals surface area contributed by atoms with E-state index in [0.717, 1.165) is 13.1 Å². The molecule has 0 saturated carbocycles. The van der Waals surface area contributed by atoms with Gasteiger partial charge in [-0.2, -0.15) is 23.5 Å². The fourth-order valence-electron chi connectivity index (χ4n) is 1.25. The molecule has 0 unspecified atom stereocenters. The van der Waals surface area contributed by atoms with Crippen LogP contribution in [0.4, 0.5) is 0 Å². The Hall–Kier alpha value is -0.400. The molecule has 0 heterocycles. The Labute approximate surface area is 118 Å². The van der Waals surface area contributed by atoms with Gasteiger partial charge in [0.15, 0.2) is 0 Å². The molecule has 0 bridgehead atoms. The normalized spacial score (nSPS) is 10.4. The van der Waals surface area contributed by atoms with Crippen LogP contribution >= 0.6 is 23.5 Å². The Bertz CT molecular complexity index is 228. The van der Waals surface area contributed by atoms with E-state index in [1.54, 1.807) is 0 Å². The molecular weight excluding hydrogens is 270 g/mol. The summed E-state index contributed by atoms with van der Waals surface area (Å²) in [5.41, 5.74) is 0. The van der Waals surface area contributed by atoms with Gasteiger partial charge >= 0.3 is 0 Å². The van der Waals surface area contributed by atoms with Crippen molar-refractivity contribution in [2.45, 2.75) is 0 Å². The van der Waals surface area contributed by atoms with Gasteiger partial charge in [0, 0.05) is 26.2 Å². The van der Waals surface area contributed by atoms with Crippen molar-refractivity contribution in [3.63, 3.8) is 0 Å². The predicted molar refractivity (Wildman–Crippen MR) is 80.3 cm³/mol. The van der Waals surface area contributed by atoms with E-state index in [4.69, 9.17) is 0 Å². The van der Waals surface area contributed by atoms with E-state index in [9.17, 15) is 9.59 Å². The number of carbonyl (C=O) groups is 2. The molecule has 7 heteroatoms. The molecule has 0 atom stereocenters. The van der Waals surface area contributed by atoms with Crippen LogP contribution in [0.3, 0.4) is 0 Å². The van der Waals surface area contributed by atoms with Crippen molar-refractivity contribution in [3.8, 4) is 0 Å². The molecule has 0 aliphatic carbocycles. The van der Waals surface area contributed by atoms with Crippen molar-refractivity contribution in [1.29, 1.82) is 0 Å². The van der Waals surface area contributed by atoms with Gasteiger partial charge in [-0.3, -0.25) is 9.59 Å². The minimum absolute atomic E-state index is 0.0733. The Morgan fingerprint density at radius 1 is 0.944 bits per heavy atom. The smallest absolute Gasteiger partial charge is 0.230 e. The second-order valence-corrected chi connectivity index (χ2v) is 5.60. The monoisotopic (exact) mass is 293 g/mol. The van der Waals surface area contributed by atoms with Gasteiger partial charge in [-0.1, -0.05) is 0 Å². The van der Waals surface area contributed by atoms with Crippen molar-refractivity contribution in [3.05, 3.63) is 0 Å². The standard InChI is InChI=1S/C11H23N3O2S2/c1-14(6-4-12-10(15)8-17-2)7-5-13-11(16)9-18-3/h4-9H2,1-3H3,(H,12,15)(H,13,16). The fourth-order valence-corrected chi connectivity index (χ4v) is 1.98. The molecule has 0 aliphatic heterocycles. The molecule has 0 rings (SSSR count). The Kier molecular flexibility index (Phi) is 11.4. The lowest BCUT2D eigenvalue weighted by molar-refractivity contribution is -0.119. The largest absolute Gasteiger partial charge is 0.354 e. The van der Waals surface area contributed by atoms with Gasteiger partial charge in [0.1, 0.15) is 0 Å². The SMILES string of the molecule is CSCC(=O)NCCN(C)CCNC(=O)CSC. The number of carbonyl (C=O) groups excluding carboxylic acids is 2. The number of amides is 2. The summed E-state index contributed by atoms with van der Waals surface area (Å²) in [7, 11) is 1.97. The summed E-state index contributed by atoms with van der Waals surface area (Å²) < 4.78 is 0. The van der Waals surface area contributed by atoms with E-state index in [-0.39, 0.29) is 11.8 Å². The summed E-state index contributed by atoms with van der Waals surface area (Å²) in [5, 5.41) is 5.68. The molecule has 2 amide bonds. The van der Waals surface area contributed by atoms with Gasteiger partial charge in [0.2, 0.25) is 11.8 Å². The molecule has 106 valence electrons. The number of nitrogens with one attached hydrogen (secondary N) is 2. The highest BCUT2D eigenvalue weighted by Crippen LogP contribution is 1.90. The topological polar surface area (TPSA) is 61.4 Å². The van der Waals surface area contributed by atoms with Crippen LogP contribution in [0.5, 0.6) is 0 Å². The van der Waals surface area contributed by atoms with E-state index < -0.39 is 0 Å². The van der Waals surface area contributed by atoms with Gasteiger partial charge in [-0.15, -0.1) is 0 Å². The molecule has 5 nitrogen and oxygen atoms in total. The first-order chi connectivity index (χ1) is 8.60. The van der Waals surface area contributed by atoms with E-state index in [0.29, 0.717) is 24.6 Å². The van der Waals surface area contributed by atoms with Crippen LogP contribution in [0.25, 0.3) is 0 Å². The molecule has 0 radical (unpaired) electrons. The number of rotatable bonds is 10. The molecule has 0 aromatic heterocycles. The molecule has 0 spiro atoms. The average molecular weight is 293 g/mol. The minimum Gasteiger partial charge on any atom is -0.354 e. The Morgan fingerprint density at radius 3 is 1.67 bits per heavy atom. The maximum atomic E-state index is 11.2. The predicted octanol–water partition coefficient (Wildman–Crippen LogP) is -0.123. The highest BCUT2D eigenvalue weighted by atomic mass is 32.2. The van der Waals surface area contributed by atoms with Crippen molar-refractivity contribution in [1.82, 2.24) is 15.5 Å².